The van der Waals surface area contributed by atoms with Gasteiger partial charge in [-0.05, 0) is 11.1 Å². The monoisotopic (exact) mass is 272 g/mol. The van der Waals surface area contributed by atoms with E-state index >= 15 is 0 Å². The minimum atomic E-state index is 0.591. The van der Waals surface area contributed by atoms with Gasteiger partial charge in [0.15, 0.2) is 0 Å². The lowest BCUT2D eigenvalue weighted by Gasteiger charge is -2.19. The molecule has 6 heteroatoms. The van der Waals surface area contributed by atoms with Crippen LogP contribution >= 0.6 is 23.2 Å². The van der Waals surface area contributed by atoms with Crippen molar-refractivity contribution in [1.82, 2.24) is 4.90 Å². The predicted molar refractivity (Wildman–Crippen MR) is 72.0 cm³/mol. The van der Waals surface area contributed by atoms with Crippen LogP contribution in [0.5, 0.6) is 0 Å². The van der Waals surface area contributed by atoms with Gasteiger partial charge in [-0.3, -0.25) is 4.90 Å². The number of rotatable bonds is 7. The Hall–Kier alpha value is -0.930. The van der Waals surface area contributed by atoms with Crippen molar-refractivity contribution in [3.63, 3.8) is 0 Å². The highest BCUT2D eigenvalue weighted by Crippen LogP contribution is 2.14. The van der Waals surface area contributed by atoms with Crippen molar-refractivity contribution in [3.05, 3.63) is 40.3 Å². The molecule has 1 rings (SSSR count). The van der Waals surface area contributed by atoms with Crippen molar-refractivity contribution in [2.24, 2.45) is 5.11 Å². The van der Waals surface area contributed by atoms with Crippen LogP contribution in [0.15, 0.2) is 29.4 Å². The molecule has 17 heavy (non-hydrogen) atoms. The number of hydrogen-bond donors (Lipinski definition) is 0. The first kappa shape index (κ1) is 14.1. The zero-order chi connectivity index (χ0) is 12.5. The molecular formula is C11H14Cl2N4. The smallest absolute Gasteiger partial charge is 0.0375 e. The molecule has 0 amide bonds. The molecule has 1 aromatic carbocycles. The molecule has 0 heterocycles. The van der Waals surface area contributed by atoms with E-state index in [0.717, 1.165) is 25.2 Å². The van der Waals surface area contributed by atoms with E-state index in [9.17, 15) is 0 Å². The highest BCUT2D eigenvalue weighted by atomic mass is 35.5. The van der Waals surface area contributed by atoms with Gasteiger partial charge in [0.2, 0.25) is 0 Å². The van der Waals surface area contributed by atoms with Crippen molar-refractivity contribution in [2.75, 3.05) is 24.8 Å². The predicted octanol–water partition coefficient (Wildman–Crippen LogP) is 3.91. The normalized spacial score (nSPS) is 10.3. The third-order valence-electron chi connectivity index (χ3n) is 2.30. The second-order valence-corrected chi connectivity index (χ2v) is 4.27. The SMILES string of the molecule is [N-]=[N+]=Nc1ccc(CN(CCCl)CCCl)cc1. The van der Waals surface area contributed by atoms with Crippen LogP contribution < -0.4 is 0 Å². The Balaban J connectivity index is 2.62. The number of azide groups is 1. The molecule has 0 radical (unpaired) electrons. The Morgan fingerprint density at radius 2 is 1.71 bits per heavy atom. The van der Waals surface area contributed by atoms with Crippen LogP contribution in [-0.2, 0) is 6.54 Å². The maximum absolute atomic E-state index is 8.30. The number of benzene rings is 1. The number of nitrogens with zero attached hydrogens (tertiary/aromatic N) is 4. The van der Waals surface area contributed by atoms with E-state index in [1.807, 2.05) is 12.1 Å². The fourth-order valence-electron chi connectivity index (χ4n) is 1.49. The summed E-state index contributed by atoms with van der Waals surface area (Å²) in [5.41, 5.74) is 10.1. The number of hydrogen-bond acceptors (Lipinski definition) is 2. The molecule has 0 atom stereocenters. The maximum Gasteiger partial charge on any atom is 0.0375 e. The second-order valence-electron chi connectivity index (χ2n) is 3.51. The quantitative estimate of drug-likeness (QED) is 0.321. The highest BCUT2D eigenvalue weighted by Gasteiger charge is 2.04. The summed E-state index contributed by atoms with van der Waals surface area (Å²) < 4.78 is 0. The highest BCUT2D eigenvalue weighted by molar-refractivity contribution is 6.18. The van der Waals surface area contributed by atoms with Gasteiger partial charge >= 0.3 is 0 Å². The summed E-state index contributed by atoms with van der Waals surface area (Å²) in [5, 5.41) is 3.52. The van der Waals surface area contributed by atoms with Gasteiger partial charge in [-0.25, -0.2) is 0 Å². The molecule has 4 nitrogen and oxygen atoms in total. The molecule has 92 valence electrons. The van der Waals surface area contributed by atoms with E-state index in [-0.39, 0.29) is 0 Å². The van der Waals surface area contributed by atoms with E-state index in [4.69, 9.17) is 28.7 Å². The summed E-state index contributed by atoms with van der Waals surface area (Å²) in [6.07, 6.45) is 0. The molecule has 0 aliphatic heterocycles. The minimum absolute atomic E-state index is 0.591. The number of halogens is 2. The molecule has 0 fully saturated rings. The van der Waals surface area contributed by atoms with E-state index in [1.54, 1.807) is 12.1 Å². The molecular weight excluding hydrogens is 259 g/mol. The molecule has 0 aliphatic carbocycles. The molecule has 0 aliphatic rings. The third kappa shape index (κ3) is 5.29. The van der Waals surface area contributed by atoms with Gasteiger partial charge in [0.1, 0.15) is 0 Å². The van der Waals surface area contributed by atoms with Gasteiger partial charge in [-0.1, -0.05) is 29.4 Å². The lowest BCUT2D eigenvalue weighted by molar-refractivity contribution is 0.299. The van der Waals surface area contributed by atoms with Crippen molar-refractivity contribution in [3.8, 4) is 0 Å². The Morgan fingerprint density at radius 3 is 2.18 bits per heavy atom. The lowest BCUT2D eigenvalue weighted by Crippen LogP contribution is -2.27. The van der Waals surface area contributed by atoms with Crippen LogP contribution in [0.2, 0.25) is 0 Å². The van der Waals surface area contributed by atoms with Crippen molar-refractivity contribution in [2.45, 2.75) is 6.54 Å². The summed E-state index contributed by atoms with van der Waals surface area (Å²) in [6.45, 7) is 2.43. The van der Waals surface area contributed by atoms with Gasteiger partial charge in [0.25, 0.3) is 0 Å². The molecule has 0 unspecified atom stereocenters. The average molecular weight is 273 g/mol. The summed E-state index contributed by atoms with van der Waals surface area (Å²) in [4.78, 5) is 4.92. The molecule has 0 saturated heterocycles. The van der Waals surface area contributed by atoms with Crippen LogP contribution in [0.4, 0.5) is 5.69 Å². The largest absolute Gasteiger partial charge is 0.297 e. The first-order valence-electron chi connectivity index (χ1n) is 5.28. The van der Waals surface area contributed by atoms with Crippen LogP contribution in [0.25, 0.3) is 10.4 Å². The molecule has 0 aromatic heterocycles. The van der Waals surface area contributed by atoms with Crippen molar-refractivity contribution >= 4 is 28.9 Å². The van der Waals surface area contributed by atoms with E-state index in [0.29, 0.717) is 17.4 Å². The first-order valence-corrected chi connectivity index (χ1v) is 6.35. The third-order valence-corrected chi connectivity index (χ3v) is 2.64. The van der Waals surface area contributed by atoms with Crippen LogP contribution in [0, 0.1) is 0 Å². The van der Waals surface area contributed by atoms with E-state index in [2.05, 4.69) is 14.9 Å². The van der Waals surface area contributed by atoms with Crippen LogP contribution in [0.1, 0.15) is 5.56 Å². The van der Waals surface area contributed by atoms with Crippen LogP contribution in [-0.4, -0.2) is 29.7 Å². The number of alkyl halides is 2. The van der Waals surface area contributed by atoms with Crippen molar-refractivity contribution in [1.29, 1.82) is 0 Å². The van der Waals surface area contributed by atoms with E-state index < -0.39 is 0 Å². The van der Waals surface area contributed by atoms with Crippen LogP contribution in [0.3, 0.4) is 0 Å². The zero-order valence-corrected chi connectivity index (χ0v) is 10.9. The summed E-state index contributed by atoms with van der Waals surface area (Å²) >= 11 is 11.4. The summed E-state index contributed by atoms with van der Waals surface area (Å²) in [7, 11) is 0. The standard InChI is InChI=1S/C11H14Cl2N4/c12-5-7-17(8-6-13)9-10-1-3-11(4-2-10)15-16-14/h1-4H,5-9H2. The molecule has 1 aromatic rings. The fourth-order valence-corrected chi connectivity index (χ4v) is 1.96. The zero-order valence-electron chi connectivity index (χ0n) is 9.39. The average Bonchev–Trinajstić information content (AvgIpc) is 2.33. The molecule has 0 N–H and O–H groups in total. The lowest BCUT2D eigenvalue weighted by atomic mass is 10.2. The van der Waals surface area contributed by atoms with E-state index in [1.165, 1.54) is 0 Å². The first-order chi connectivity index (χ1) is 8.30. The Labute approximate surface area is 111 Å². The van der Waals surface area contributed by atoms with Gasteiger partial charge < -0.3 is 0 Å². The Morgan fingerprint density at radius 1 is 1.12 bits per heavy atom. The van der Waals surface area contributed by atoms with Crippen molar-refractivity contribution < 1.29 is 0 Å². The fraction of sp³-hybridized carbons (Fsp3) is 0.455. The van der Waals surface area contributed by atoms with Gasteiger partial charge in [0.05, 0.1) is 0 Å². The summed E-state index contributed by atoms with van der Waals surface area (Å²) in [6, 6.07) is 7.49. The van der Waals surface area contributed by atoms with Gasteiger partial charge in [-0.15, -0.1) is 23.2 Å². The molecule has 0 saturated carbocycles. The summed E-state index contributed by atoms with van der Waals surface area (Å²) in [5.74, 6) is 1.18. The topological polar surface area (TPSA) is 52.0 Å². The molecule has 0 bridgehead atoms. The second kappa shape index (κ2) is 8.20. The maximum atomic E-state index is 8.30. The Kier molecular flexibility index (Phi) is 6.82. The minimum Gasteiger partial charge on any atom is -0.297 e. The molecule has 0 spiro atoms. The van der Waals surface area contributed by atoms with Gasteiger partial charge in [0, 0.05) is 42.0 Å². The Bertz CT molecular complexity index is 368. The van der Waals surface area contributed by atoms with Gasteiger partial charge in [-0.2, -0.15) is 0 Å².